The van der Waals surface area contributed by atoms with E-state index in [0.717, 1.165) is 11.3 Å². The van der Waals surface area contributed by atoms with Crippen LogP contribution in [0.15, 0.2) is 36.5 Å². The zero-order chi connectivity index (χ0) is 13.8. The van der Waals surface area contributed by atoms with E-state index >= 15 is 0 Å². The first-order valence-electron chi connectivity index (χ1n) is 6.48. The fraction of sp³-hybridized carbons (Fsp3) is 0.312. The Hall–Kier alpha value is -1.87. The summed E-state index contributed by atoms with van der Waals surface area (Å²) in [5.41, 5.74) is 3.44. The Bertz CT molecular complexity index is 546. The second-order valence-electron chi connectivity index (χ2n) is 4.83. The molecule has 100 valence electrons. The molecule has 1 unspecified atom stereocenters. The van der Waals surface area contributed by atoms with Crippen molar-refractivity contribution in [1.82, 2.24) is 10.3 Å². The van der Waals surface area contributed by atoms with E-state index in [4.69, 9.17) is 4.74 Å². The van der Waals surface area contributed by atoms with E-state index in [9.17, 15) is 0 Å². The molecule has 0 saturated carbocycles. The zero-order valence-electron chi connectivity index (χ0n) is 11.9. The van der Waals surface area contributed by atoms with Crippen molar-refractivity contribution in [2.75, 3.05) is 7.05 Å². The Morgan fingerprint density at radius 3 is 2.47 bits per heavy atom. The predicted molar refractivity (Wildman–Crippen MR) is 77.7 cm³/mol. The van der Waals surface area contributed by atoms with Crippen LogP contribution in [-0.4, -0.2) is 12.0 Å². The van der Waals surface area contributed by atoms with E-state index < -0.39 is 0 Å². The van der Waals surface area contributed by atoms with Gasteiger partial charge in [0, 0.05) is 17.8 Å². The number of nitrogens with zero attached hydrogens (tertiary/aromatic N) is 1. The molecule has 0 aliphatic heterocycles. The van der Waals surface area contributed by atoms with Crippen LogP contribution in [0.1, 0.15) is 29.7 Å². The lowest BCUT2D eigenvalue weighted by molar-refractivity contribution is 0.446. The molecular formula is C16H20N2O. The number of aromatic nitrogens is 1. The molecule has 3 nitrogen and oxygen atoms in total. The number of rotatable bonds is 4. The van der Waals surface area contributed by atoms with Crippen LogP contribution < -0.4 is 10.1 Å². The summed E-state index contributed by atoms with van der Waals surface area (Å²) >= 11 is 0. The van der Waals surface area contributed by atoms with Gasteiger partial charge in [0.25, 0.3) is 0 Å². The SMILES string of the molecule is CNC(C)c1cccnc1Oc1cc(C)cc(C)c1. The lowest BCUT2D eigenvalue weighted by Gasteiger charge is -2.15. The zero-order valence-corrected chi connectivity index (χ0v) is 11.9. The minimum absolute atomic E-state index is 0.203. The average Bonchev–Trinajstić information content (AvgIpc) is 2.37. The number of nitrogens with one attached hydrogen (secondary N) is 1. The summed E-state index contributed by atoms with van der Waals surface area (Å²) in [5, 5.41) is 3.21. The monoisotopic (exact) mass is 256 g/mol. The summed E-state index contributed by atoms with van der Waals surface area (Å²) < 4.78 is 5.94. The van der Waals surface area contributed by atoms with Gasteiger partial charge in [-0.3, -0.25) is 0 Å². The first-order chi connectivity index (χ1) is 9.10. The molecule has 1 aromatic heterocycles. The highest BCUT2D eigenvalue weighted by Gasteiger charge is 2.11. The number of aryl methyl sites for hydroxylation is 2. The number of ether oxygens (including phenoxy) is 1. The standard InChI is InChI=1S/C16H20N2O/c1-11-8-12(2)10-14(9-11)19-16-15(13(3)17-4)6-5-7-18-16/h5-10,13,17H,1-4H3. The third-order valence-electron chi connectivity index (χ3n) is 3.11. The Kier molecular flexibility index (Phi) is 4.17. The highest BCUT2D eigenvalue weighted by molar-refractivity contribution is 5.38. The second-order valence-corrected chi connectivity index (χ2v) is 4.83. The van der Waals surface area contributed by atoms with Crippen LogP contribution in [0.25, 0.3) is 0 Å². The van der Waals surface area contributed by atoms with Crippen molar-refractivity contribution in [2.24, 2.45) is 0 Å². The van der Waals surface area contributed by atoms with Gasteiger partial charge in [0.05, 0.1) is 0 Å². The minimum Gasteiger partial charge on any atom is -0.439 e. The first kappa shape index (κ1) is 13.6. The van der Waals surface area contributed by atoms with E-state index in [2.05, 4.69) is 37.1 Å². The third kappa shape index (κ3) is 3.32. The maximum atomic E-state index is 5.94. The van der Waals surface area contributed by atoms with Crippen LogP contribution in [0.5, 0.6) is 11.6 Å². The van der Waals surface area contributed by atoms with Crippen LogP contribution in [0.3, 0.4) is 0 Å². The summed E-state index contributed by atoms with van der Waals surface area (Å²) in [6.45, 7) is 6.22. The molecule has 19 heavy (non-hydrogen) atoms. The second kappa shape index (κ2) is 5.85. The quantitative estimate of drug-likeness (QED) is 0.904. The minimum atomic E-state index is 0.203. The molecule has 0 aliphatic rings. The van der Waals surface area contributed by atoms with Gasteiger partial charge >= 0.3 is 0 Å². The van der Waals surface area contributed by atoms with Crippen molar-refractivity contribution in [3.05, 3.63) is 53.2 Å². The summed E-state index contributed by atoms with van der Waals surface area (Å²) in [7, 11) is 1.93. The lowest BCUT2D eigenvalue weighted by Crippen LogP contribution is -2.13. The smallest absolute Gasteiger partial charge is 0.223 e. The summed E-state index contributed by atoms with van der Waals surface area (Å²) in [4.78, 5) is 4.34. The van der Waals surface area contributed by atoms with Gasteiger partial charge in [-0.2, -0.15) is 0 Å². The van der Waals surface area contributed by atoms with Gasteiger partial charge in [0.1, 0.15) is 5.75 Å². The van der Waals surface area contributed by atoms with Crippen LogP contribution in [0.2, 0.25) is 0 Å². The Balaban J connectivity index is 2.32. The molecule has 0 spiro atoms. The lowest BCUT2D eigenvalue weighted by atomic mass is 10.1. The maximum absolute atomic E-state index is 5.94. The molecular weight excluding hydrogens is 236 g/mol. The number of hydrogen-bond donors (Lipinski definition) is 1. The molecule has 1 N–H and O–H groups in total. The Morgan fingerprint density at radius 2 is 1.84 bits per heavy atom. The van der Waals surface area contributed by atoms with Gasteiger partial charge in [0.2, 0.25) is 5.88 Å². The van der Waals surface area contributed by atoms with E-state index in [1.807, 2.05) is 31.3 Å². The van der Waals surface area contributed by atoms with E-state index in [1.165, 1.54) is 11.1 Å². The molecule has 1 atom stereocenters. The van der Waals surface area contributed by atoms with Crippen LogP contribution >= 0.6 is 0 Å². The van der Waals surface area contributed by atoms with Crippen LogP contribution in [-0.2, 0) is 0 Å². The number of benzene rings is 1. The fourth-order valence-electron chi connectivity index (χ4n) is 2.08. The van der Waals surface area contributed by atoms with Crippen LogP contribution in [0, 0.1) is 13.8 Å². The molecule has 0 amide bonds. The number of hydrogen-bond acceptors (Lipinski definition) is 3. The normalized spacial score (nSPS) is 12.2. The van der Waals surface area contributed by atoms with Gasteiger partial charge < -0.3 is 10.1 Å². The maximum Gasteiger partial charge on any atom is 0.223 e. The average molecular weight is 256 g/mol. The van der Waals surface area contributed by atoms with Crippen molar-refractivity contribution in [1.29, 1.82) is 0 Å². The summed E-state index contributed by atoms with van der Waals surface area (Å²) in [6, 6.07) is 10.3. The van der Waals surface area contributed by atoms with Gasteiger partial charge in [-0.05, 0) is 57.1 Å². The van der Waals surface area contributed by atoms with Crippen molar-refractivity contribution >= 4 is 0 Å². The van der Waals surface area contributed by atoms with Crippen molar-refractivity contribution in [3.8, 4) is 11.6 Å². The third-order valence-corrected chi connectivity index (χ3v) is 3.11. The predicted octanol–water partition coefficient (Wildman–Crippen LogP) is 3.77. The molecule has 2 rings (SSSR count). The first-order valence-corrected chi connectivity index (χ1v) is 6.48. The Labute approximate surface area is 114 Å². The van der Waals surface area contributed by atoms with Gasteiger partial charge in [-0.15, -0.1) is 0 Å². The van der Waals surface area contributed by atoms with E-state index in [-0.39, 0.29) is 6.04 Å². The largest absolute Gasteiger partial charge is 0.439 e. The molecule has 3 heteroatoms. The topological polar surface area (TPSA) is 34.2 Å². The molecule has 0 radical (unpaired) electrons. The van der Waals surface area contributed by atoms with Gasteiger partial charge in [0.15, 0.2) is 0 Å². The molecule has 0 aliphatic carbocycles. The van der Waals surface area contributed by atoms with E-state index in [0.29, 0.717) is 5.88 Å². The summed E-state index contributed by atoms with van der Waals surface area (Å²) in [6.07, 6.45) is 1.75. The highest BCUT2D eigenvalue weighted by atomic mass is 16.5. The Morgan fingerprint density at radius 1 is 1.16 bits per heavy atom. The van der Waals surface area contributed by atoms with Crippen LogP contribution in [0.4, 0.5) is 0 Å². The number of pyridine rings is 1. The van der Waals surface area contributed by atoms with E-state index in [1.54, 1.807) is 6.20 Å². The summed E-state index contributed by atoms with van der Waals surface area (Å²) in [5.74, 6) is 1.50. The molecule has 1 heterocycles. The fourth-order valence-corrected chi connectivity index (χ4v) is 2.08. The van der Waals surface area contributed by atoms with Crippen molar-refractivity contribution in [2.45, 2.75) is 26.8 Å². The van der Waals surface area contributed by atoms with Crippen molar-refractivity contribution in [3.63, 3.8) is 0 Å². The molecule has 0 bridgehead atoms. The highest BCUT2D eigenvalue weighted by Crippen LogP contribution is 2.28. The molecule has 0 fully saturated rings. The molecule has 0 saturated heterocycles. The van der Waals surface area contributed by atoms with Gasteiger partial charge in [-0.1, -0.05) is 12.1 Å². The molecule has 1 aromatic carbocycles. The van der Waals surface area contributed by atoms with Gasteiger partial charge in [-0.25, -0.2) is 4.98 Å². The van der Waals surface area contributed by atoms with Crippen molar-refractivity contribution < 1.29 is 4.74 Å². The molecule has 2 aromatic rings.